The summed E-state index contributed by atoms with van der Waals surface area (Å²) in [6, 6.07) is 18.6. The maximum atomic E-state index is 12.5. The van der Waals surface area contributed by atoms with Crippen LogP contribution in [0.4, 0.5) is 0 Å². The molecule has 0 aliphatic rings. The van der Waals surface area contributed by atoms with Gasteiger partial charge in [-0.2, -0.15) is 12.7 Å². The predicted molar refractivity (Wildman–Crippen MR) is 92.8 cm³/mol. The molecule has 1 atom stereocenters. The van der Waals surface area contributed by atoms with Gasteiger partial charge in [-0.05, 0) is 11.1 Å². The van der Waals surface area contributed by atoms with Gasteiger partial charge < -0.3 is 5.73 Å². The molecule has 0 bridgehead atoms. The van der Waals surface area contributed by atoms with E-state index < -0.39 is 10.2 Å². The van der Waals surface area contributed by atoms with Gasteiger partial charge in [-0.25, -0.2) is 4.72 Å². The molecule has 0 aliphatic heterocycles. The fourth-order valence-electron chi connectivity index (χ4n) is 2.26. The summed E-state index contributed by atoms with van der Waals surface area (Å²) in [5.74, 6) is 0. The van der Waals surface area contributed by atoms with Crippen molar-refractivity contribution < 1.29 is 8.42 Å². The third-order valence-electron chi connectivity index (χ3n) is 3.61. The van der Waals surface area contributed by atoms with Gasteiger partial charge in [0.25, 0.3) is 10.2 Å². The van der Waals surface area contributed by atoms with Crippen molar-refractivity contribution in [3.05, 3.63) is 71.8 Å². The summed E-state index contributed by atoms with van der Waals surface area (Å²) in [5.41, 5.74) is 7.91. The molecule has 5 nitrogen and oxygen atoms in total. The minimum atomic E-state index is -3.57. The highest BCUT2D eigenvalue weighted by molar-refractivity contribution is 7.87. The molecular weight excluding hydrogens is 310 g/mol. The van der Waals surface area contributed by atoms with Crippen LogP contribution in [0, 0.1) is 0 Å². The fraction of sp³-hybridized carbons (Fsp3) is 0.294. The van der Waals surface area contributed by atoms with Crippen molar-refractivity contribution in [1.82, 2.24) is 9.03 Å². The van der Waals surface area contributed by atoms with E-state index in [1.165, 1.54) is 4.31 Å². The van der Waals surface area contributed by atoms with Crippen LogP contribution in [0.15, 0.2) is 60.7 Å². The van der Waals surface area contributed by atoms with Crippen molar-refractivity contribution in [3.63, 3.8) is 0 Å². The highest BCUT2D eigenvalue weighted by Gasteiger charge is 2.21. The normalized spacial score (nSPS) is 13.2. The van der Waals surface area contributed by atoms with Crippen molar-refractivity contribution in [2.45, 2.75) is 19.5 Å². The second-order valence-corrected chi connectivity index (χ2v) is 7.04. The van der Waals surface area contributed by atoms with E-state index >= 15 is 0 Å². The van der Waals surface area contributed by atoms with E-state index in [2.05, 4.69) is 4.72 Å². The standard InChI is InChI=1S/C17H23N3O2S/c1-2-20(14-15-9-5-3-6-10-15)23(21,22)19-13-17(18)16-11-7-4-8-12-16/h3-12,17,19H,2,13-14,18H2,1H3. The molecule has 3 N–H and O–H groups in total. The van der Waals surface area contributed by atoms with E-state index in [-0.39, 0.29) is 12.6 Å². The van der Waals surface area contributed by atoms with E-state index in [0.717, 1.165) is 11.1 Å². The van der Waals surface area contributed by atoms with Gasteiger partial charge in [-0.1, -0.05) is 67.6 Å². The Bertz CT molecular complexity index is 690. The molecule has 0 aliphatic carbocycles. The van der Waals surface area contributed by atoms with E-state index in [1.54, 1.807) is 0 Å². The number of hydrogen-bond acceptors (Lipinski definition) is 3. The van der Waals surface area contributed by atoms with Gasteiger partial charge in [0, 0.05) is 25.7 Å². The molecule has 124 valence electrons. The van der Waals surface area contributed by atoms with Gasteiger partial charge in [-0.15, -0.1) is 0 Å². The quantitative estimate of drug-likeness (QED) is 0.776. The van der Waals surface area contributed by atoms with Crippen LogP contribution in [-0.4, -0.2) is 25.8 Å². The van der Waals surface area contributed by atoms with Crippen LogP contribution in [0.2, 0.25) is 0 Å². The number of nitrogens with zero attached hydrogens (tertiary/aromatic N) is 1. The molecule has 23 heavy (non-hydrogen) atoms. The average molecular weight is 333 g/mol. The molecule has 6 heteroatoms. The van der Waals surface area contributed by atoms with Gasteiger partial charge in [0.05, 0.1) is 0 Å². The van der Waals surface area contributed by atoms with Crippen molar-refractivity contribution in [3.8, 4) is 0 Å². The molecule has 0 amide bonds. The Balaban J connectivity index is 1.99. The Kier molecular flexibility index (Phi) is 6.29. The zero-order chi connectivity index (χ0) is 16.7. The first-order valence-electron chi connectivity index (χ1n) is 7.62. The van der Waals surface area contributed by atoms with Crippen molar-refractivity contribution in [2.24, 2.45) is 5.73 Å². The van der Waals surface area contributed by atoms with Gasteiger partial charge in [0.2, 0.25) is 0 Å². The van der Waals surface area contributed by atoms with Gasteiger partial charge in [-0.3, -0.25) is 0 Å². The van der Waals surface area contributed by atoms with Crippen LogP contribution in [-0.2, 0) is 16.8 Å². The van der Waals surface area contributed by atoms with Crippen LogP contribution < -0.4 is 10.5 Å². The second-order valence-electron chi connectivity index (χ2n) is 5.28. The zero-order valence-corrected chi connectivity index (χ0v) is 14.0. The Morgan fingerprint density at radius 3 is 2.17 bits per heavy atom. The first-order valence-corrected chi connectivity index (χ1v) is 9.06. The summed E-state index contributed by atoms with van der Waals surface area (Å²) in [5, 5.41) is 0. The third-order valence-corrected chi connectivity index (χ3v) is 5.21. The molecule has 2 aromatic carbocycles. The lowest BCUT2D eigenvalue weighted by Crippen LogP contribution is -2.42. The molecule has 0 heterocycles. The van der Waals surface area contributed by atoms with Crippen LogP contribution in [0.1, 0.15) is 24.1 Å². The molecule has 0 saturated heterocycles. The number of nitrogens with one attached hydrogen (secondary N) is 1. The molecule has 0 fully saturated rings. The number of nitrogens with two attached hydrogens (primary N) is 1. The summed E-state index contributed by atoms with van der Waals surface area (Å²) in [7, 11) is -3.57. The summed E-state index contributed by atoms with van der Waals surface area (Å²) < 4.78 is 28.9. The highest BCUT2D eigenvalue weighted by atomic mass is 32.2. The minimum absolute atomic E-state index is 0.164. The van der Waals surface area contributed by atoms with E-state index in [0.29, 0.717) is 13.1 Å². The van der Waals surface area contributed by atoms with Gasteiger partial charge in [0.1, 0.15) is 0 Å². The number of rotatable bonds is 8. The molecule has 2 aromatic rings. The topological polar surface area (TPSA) is 75.4 Å². The summed E-state index contributed by atoms with van der Waals surface area (Å²) in [6.07, 6.45) is 0. The van der Waals surface area contributed by atoms with E-state index in [1.807, 2.05) is 67.6 Å². The maximum Gasteiger partial charge on any atom is 0.279 e. The smallest absolute Gasteiger partial charge is 0.279 e. The monoisotopic (exact) mass is 333 g/mol. The largest absolute Gasteiger partial charge is 0.323 e. The fourth-order valence-corrected chi connectivity index (χ4v) is 3.49. The number of hydrogen-bond donors (Lipinski definition) is 2. The first kappa shape index (κ1) is 17.6. The highest BCUT2D eigenvalue weighted by Crippen LogP contribution is 2.11. The Morgan fingerprint density at radius 1 is 1.04 bits per heavy atom. The van der Waals surface area contributed by atoms with Gasteiger partial charge in [0.15, 0.2) is 0 Å². The van der Waals surface area contributed by atoms with Crippen LogP contribution in [0.5, 0.6) is 0 Å². The van der Waals surface area contributed by atoms with Crippen molar-refractivity contribution in [2.75, 3.05) is 13.1 Å². The molecule has 0 radical (unpaired) electrons. The maximum absolute atomic E-state index is 12.5. The first-order chi connectivity index (χ1) is 11.0. The Labute approximate surface area is 138 Å². The molecule has 0 aromatic heterocycles. The zero-order valence-electron chi connectivity index (χ0n) is 13.2. The molecule has 2 rings (SSSR count). The summed E-state index contributed by atoms with van der Waals surface area (Å²) >= 11 is 0. The van der Waals surface area contributed by atoms with E-state index in [9.17, 15) is 8.42 Å². The summed E-state index contributed by atoms with van der Waals surface area (Å²) in [6.45, 7) is 2.72. The summed E-state index contributed by atoms with van der Waals surface area (Å²) in [4.78, 5) is 0. The molecule has 1 unspecified atom stereocenters. The van der Waals surface area contributed by atoms with Gasteiger partial charge >= 0.3 is 0 Å². The lowest BCUT2D eigenvalue weighted by atomic mass is 10.1. The van der Waals surface area contributed by atoms with Crippen LogP contribution in [0.25, 0.3) is 0 Å². The van der Waals surface area contributed by atoms with Crippen molar-refractivity contribution >= 4 is 10.2 Å². The SMILES string of the molecule is CCN(Cc1ccccc1)S(=O)(=O)NCC(N)c1ccccc1. The van der Waals surface area contributed by atoms with E-state index in [4.69, 9.17) is 5.73 Å². The minimum Gasteiger partial charge on any atom is -0.323 e. The third kappa shape index (κ3) is 5.14. The van der Waals surface area contributed by atoms with Crippen LogP contribution in [0.3, 0.4) is 0 Å². The average Bonchev–Trinajstić information content (AvgIpc) is 2.59. The Hall–Kier alpha value is -1.73. The Morgan fingerprint density at radius 2 is 1.61 bits per heavy atom. The number of benzene rings is 2. The second kappa shape index (κ2) is 8.21. The van der Waals surface area contributed by atoms with Crippen molar-refractivity contribution in [1.29, 1.82) is 0 Å². The lowest BCUT2D eigenvalue weighted by molar-refractivity contribution is 0.412. The lowest BCUT2D eigenvalue weighted by Gasteiger charge is -2.22. The van der Waals surface area contributed by atoms with Crippen LogP contribution >= 0.6 is 0 Å². The molecular formula is C17H23N3O2S. The molecule has 0 saturated carbocycles. The molecule has 0 spiro atoms. The predicted octanol–water partition coefficient (Wildman–Crippen LogP) is 2.04.